The van der Waals surface area contributed by atoms with Crippen LogP contribution in [0.3, 0.4) is 0 Å². The minimum Gasteiger partial charge on any atom is -0.454 e. The Labute approximate surface area is 162 Å². The van der Waals surface area contributed by atoms with Gasteiger partial charge in [0.25, 0.3) is 0 Å². The second kappa shape index (κ2) is 6.28. The summed E-state index contributed by atoms with van der Waals surface area (Å²) in [7, 11) is 0. The zero-order valence-electron chi connectivity index (χ0n) is 14.7. The molecule has 1 saturated heterocycles. The second-order valence-electron chi connectivity index (χ2n) is 6.63. The van der Waals surface area contributed by atoms with Crippen molar-refractivity contribution < 1.29 is 9.47 Å². The van der Waals surface area contributed by atoms with Crippen molar-refractivity contribution in [3.05, 3.63) is 71.8 Å². The summed E-state index contributed by atoms with van der Waals surface area (Å²) >= 11 is 5.71. The number of aryl methyl sites for hydroxylation is 1. The lowest BCUT2D eigenvalue weighted by molar-refractivity contribution is 0.174. The highest BCUT2D eigenvalue weighted by Crippen LogP contribution is 2.44. The Morgan fingerprint density at radius 3 is 2.78 bits per heavy atom. The van der Waals surface area contributed by atoms with Gasteiger partial charge >= 0.3 is 0 Å². The molecule has 2 N–H and O–H groups in total. The Morgan fingerprint density at radius 1 is 1.11 bits per heavy atom. The number of pyridine rings is 1. The van der Waals surface area contributed by atoms with Gasteiger partial charge in [0.1, 0.15) is 6.04 Å². The Morgan fingerprint density at radius 2 is 2.00 bits per heavy atom. The molecule has 5 rings (SSSR count). The first-order valence-electron chi connectivity index (χ1n) is 8.76. The van der Waals surface area contributed by atoms with E-state index < -0.39 is 0 Å². The number of ether oxygens (including phenoxy) is 2. The van der Waals surface area contributed by atoms with E-state index in [0.29, 0.717) is 5.11 Å². The van der Waals surface area contributed by atoms with Crippen LogP contribution in [0, 0.1) is 6.92 Å². The fourth-order valence-corrected chi connectivity index (χ4v) is 4.03. The first kappa shape index (κ1) is 16.1. The number of anilines is 1. The molecule has 0 bridgehead atoms. The Kier molecular flexibility index (Phi) is 3.75. The van der Waals surface area contributed by atoms with Crippen molar-refractivity contribution in [3.63, 3.8) is 0 Å². The lowest BCUT2D eigenvalue weighted by atomic mass is 10.0. The van der Waals surface area contributed by atoms with Gasteiger partial charge in [-0.3, -0.25) is 4.98 Å². The van der Waals surface area contributed by atoms with Gasteiger partial charge in [-0.15, -0.1) is 0 Å². The van der Waals surface area contributed by atoms with Gasteiger partial charge < -0.3 is 24.7 Å². The highest BCUT2D eigenvalue weighted by Gasteiger charge is 2.41. The maximum Gasteiger partial charge on any atom is 0.231 e. The zero-order valence-corrected chi connectivity index (χ0v) is 15.5. The summed E-state index contributed by atoms with van der Waals surface area (Å²) in [5.74, 6) is 1.49. The molecule has 7 heteroatoms. The quantitative estimate of drug-likeness (QED) is 0.679. The second-order valence-corrected chi connectivity index (χ2v) is 7.02. The molecule has 2 atom stereocenters. The van der Waals surface area contributed by atoms with E-state index in [1.54, 1.807) is 6.20 Å². The maximum absolute atomic E-state index is 5.71. The van der Waals surface area contributed by atoms with Crippen LogP contribution in [-0.2, 0) is 0 Å². The molecule has 4 heterocycles. The van der Waals surface area contributed by atoms with Gasteiger partial charge in [0, 0.05) is 29.3 Å². The topological polar surface area (TPSA) is 62.4 Å². The number of fused-ring (bicyclic) bond motifs is 1. The fourth-order valence-electron chi connectivity index (χ4n) is 3.68. The van der Waals surface area contributed by atoms with Crippen LogP contribution in [0.4, 0.5) is 5.69 Å². The standard InChI is InChI=1S/C20H18N4O2S/c1-12-5-7-15(22-12)19-18(14-4-2-3-9-21-14)23-20(27)24(19)13-6-8-16-17(10-13)26-11-25-16/h2-10,18-19,22H,11H2,1H3,(H,23,27)/t18-,19-/m0/s1. The number of hydrogen-bond donors (Lipinski definition) is 2. The van der Waals surface area contributed by atoms with Gasteiger partial charge in [-0.1, -0.05) is 6.07 Å². The van der Waals surface area contributed by atoms with Crippen LogP contribution < -0.4 is 19.7 Å². The normalized spacial score (nSPS) is 20.8. The average molecular weight is 378 g/mol. The van der Waals surface area contributed by atoms with E-state index in [2.05, 4.69) is 32.3 Å². The van der Waals surface area contributed by atoms with Crippen LogP contribution in [0.15, 0.2) is 54.7 Å². The number of aromatic nitrogens is 2. The summed E-state index contributed by atoms with van der Waals surface area (Å²) in [6.45, 7) is 2.29. The van der Waals surface area contributed by atoms with Gasteiger partial charge in [-0.2, -0.15) is 0 Å². The molecule has 0 spiro atoms. The van der Waals surface area contributed by atoms with Crippen molar-refractivity contribution in [3.8, 4) is 11.5 Å². The van der Waals surface area contributed by atoms with Crippen LogP contribution >= 0.6 is 12.2 Å². The molecule has 0 radical (unpaired) electrons. The number of aromatic amines is 1. The van der Waals surface area contributed by atoms with E-state index in [1.807, 2.05) is 43.3 Å². The monoisotopic (exact) mass is 378 g/mol. The third-order valence-corrected chi connectivity index (χ3v) is 5.22. The molecule has 3 aromatic rings. The SMILES string of the molecule is Cc1ccc([C@H]2[C@H](c3ccccn3)NC(=S)N2c2ccc3c(c2)OCO3)[nH]1. The molecule has 0 aliphatic carbocycles. The van der Waals surface area contributed by atoms with Gasteiger partial charge in [0.05, 0.1) is 11.7 Å². The highest BCUT2D eigenvalue weighted by molar-refractivity contribution is 7.80. The lowest BCUT2D eigenvalue weighted by Gasteiger charge is -2.27. The third-order valence-electron chi connectivity index (χ3n) is 4.91. The average Bonchev–Trinajstić information content (AvgIpc) is 3.39. The minimum absolute atomic E-state index is 0.0542. The summed E-state index contributed by atoms with van der Waals surface area (Å²) < 4.78 is 11.0. The molecule has 0 saturated carbocycles. The van der Waals surface area contributed by atoms with E-state index in [1.165, 1.54) is 0 Å². The van der Waals surface area contributed by atoms with Crippen LogP contribution in [0.5, 0.6) is 11.5 Å². The number of H-pyrrole nitrogens is 1. The molecule has 136 valence electrons. The van der Waals surface area contributed by atoms with Gasteiger partial charge in [-0.25, -0.2) is 0 Å². The smallest absolute Gasteiger partial charge is 0.231 e. The van der Waals surface area contributed by atoms with Gasteiger partial charge in [0.15, 0.2) is 16.6 Å². The van der Waals surface area contributed by atoms with Crippen LogP contribution in [0.1, 0.15) is 29.2 Å². The summed E-state index contributed by atoms with van der Waals surface area (Å²) in [4.78, 5) is 10.1. The molecule has 27 heavy (non-hydrogen) atoms. The van der Waals surface area contributed by atoms with E-state index >= 15 is 0 Å². The summed E-state index contributed by atoms with van der Waals surface area (Å²) in [6.07, 6.45) is 1.81. The number of hydrogen-bond acceptors (Lipinski definition) is 4. The summed E-state index contributed by atoms with van der Waals surface area (Å²) in [6, 6.07) is 15.9. The van der Waals surface area contributed by atoms with Crippen molar-refractivity contribution in [2.75, 3.05) is 11.7 Å². The lowest BCUT2D eigenvalue weighted by Crippen LogP contribution is -2.29. The molecule has 2 aliphatic rings. The van der Waals surface area contributed by atoms with Gasteiger partial charge in [0.2, 0.25) is 6.79 Å². The van der Waals surface area contributed by atoms with Crippen molar-refractivity contribution in [1.82, 2.24) is 15.3 Å². The predicted molar refractivity (Wildman–Crippen MR) is 106 cm³/mol. The number of nitrogens with one attached hydrogen (secondary N) is 2. The van der Waals surface area contributed by atoms with Crippen LogP contribution in [-0.4, -0.2) is 21.9 Å². The number of thiocarbonyl (C=S) groups is 1. The van der Waals surface area contributed by atoms with Crippen molar-refractivity contribution in [1.29, 1.82) is 0 Å². The summed E-state index contributed by atoms with van der Waals surface area (Å²) in [5, 5.41) is 4.10. The minimum atomic E-state index is -0.0674. The summed E-state index contributed by atoms with van der Waals surface area (Å²) in [5.41, 5.74) is 4.08. The maximum atomic E-state index is 5.71. The molecule has 0 amide bonds. The number of rotatable bonds is 3. The number of benzene rings is 1. The molecule has 0 unspecified atom stereocenters. The van der Waals surface area contributed by atoms with E-state index in [9.17, 15) is 0 Å². The molecule has 2 aromatic heterocycles. The Hall–Kier alpha value is -3.06. The first-order chi connectivity index (χ1) is 13.2. The molecule has 1 aromatic carbocycles. The third kappa shape index (κ3) is 2.71. The van der Waals surface area contributed by atoms with E-state index in [4.69, 9.17) is 21.7 Å². The molecule has 2 aliphatic heterocycles. The molecule has 6 nitrogen and oxygen atoms in total. The number of nitrogens with zero attached hydrogens (tertiary/aromatic N) is 2. The molecular weight excluding hydrogens is 360 g/mol. The van der Waals surface area contributed by atoms with E-state index in [-0.39, 0.29) is 18.9 Å². The van der Waals surface area contributed by atoms with Crippen LogP contribution in [0.25, 0.3) is 0 Å². The fraction of sp³-hybridized carbons (Fsp3) is 0.200. The first-order valence-corrected chi connectivity index (χ1v) is 9.17. The highest BCUT2D eigenvalue weighted by atomic mass is 32.1. The van der Waals surface area contributed by atoms with Crippen LogP contribution in [0.2, 0.25) is 0 Å². The Bertz CT molecular complexity index is 1000. The largest absolute Gasteiger partial charge is 0.454 e. The van der Waals surface area contributed by atoms with Crippen molar-refractivity contribution in [2.24, 2.45) is 0 Å². The molecular formula is C20H18N4O2S. The zero-order chi connectivity index (χ0) is 18.4. The van der Waals surface area contributed by atoms with Crippen molar-refractivity contribution in [2.45, 2.75) is 19.0 Å². The van der Waals surface area contributed by atoms with Gasteiger partial charge in [-0.05, 0) is 55.5 Å². The molecule has 1 fully saturated rings. The van der Waals surface area contributed by atoms with E-state index in [0.717, 1.165) is 34.3 Å². The van der Waals surface area contributed by atoms with Crippen molar-refractivity contribution >= 4 is 23.0 Å². The predicted octanol–water partition coefficient (Wildman–Crippen LogP) is 3.62. The Balaban J connectivity index is 1.61.